The van der Waals surface area contributed by atoms with E-state index >= 15 is 0 Å². The van der Waals surface area contributed by atoms with Crippen LogP contribution in [0.25, 0.3) is 0 Å². The molecule has 2 fully saturated rings. The van der Waals surface area contributed by atoms with Gasteiger partial charge in [-0.15, -0.1) is 0 Å². The second-order valence-electron chi connectivity index (χ2n) is 5.09. The summed E-state index contributed by atoms with van der Waals surface area (Å²) in [6.07, 6.45) is 3.78. The van der Waals surface area contributed by atoms with Gasteiger partial charge in [0.25, 0.3) is 0 Å². The van der Waals surface area contributed by atoms with E-state index in [2.05, 4.69) is 6.92 Å². The van der Waals surface area contributed by atoms with E-state index in [-0.39, 0.29) is 18.4 Å². The first kappa shape index (κ1) is 12.4. The van der Waals surface area contributed by atoms with Crippen LogP contribution in [0.3, 0.4) is 0 Å². The van der Waals surface area contributed by atoms with Crippen LogP contribution in [-0.4, -0.2) is 53.3 Å². The van der Waals surface area contributed by atoms with Crippen LogP contribution < -0.4 is 5.73 Å². The van der Waals surface area contributed by atoms with Crippen molar-refractivity contribution in [1.29, 1.82) is 0 Å². The van der Waals surface area contributed by atoms with E-state index in [1.54, 1.807) is 4.90 Å². The van der Waals surface area contributed by atoms with Crippen molar-refractivity contribution in [3.63, 3.8) is 0 Å². The van der Waals surface area contributed by atoms with Gasteiger partial charge in [-0.3, -0.25) is 9.59 Å². The minimum atomic E-state index is -0.410. The molecule has 2 aliphatic heterocycles. The molecular weight excluding hydrogens is 218 g/mol. The van der Waals surface area contributed by atoms with Crippen molar-refractivity contribution in [1.82, 2.24) is 9.80 Å². The summed E-state index contributed by atoms with van der Waals surface area (Å²) >= 11 is 0. The molecule has 0 unspecified atom stereocenters. The Bertz CT molecular complexity index is 319. The summed E-state index contributed by atoms with van der Waals surface area (Å²) in [5.74, 6) is -0.00565. The van der Waals surface area contributed by atoms with Gasteiger partial charge in [-0.2, -0.15) is 0 Å². The molecule has 2 N–H and O–H groups in total. The molecule has 0 aromatic rings. The molecule has 2 aliphatic rings. The van der Waals surface area contributed by atoms with Crippen molar-refractivity contribution in [3.05, 3.63) is 0 Å². The summed E-state index contributed by atoms with van der Waals surface area (Å²) in [6.45, 7) is 3.76. The fourth-order valence-corrected chi connectivity index (χ4v) is 2.69. The third-order valence-corrected chi connectivity index (χ3v) is 3.77. The van der Waals surface area contributed by atoms with Gasteiger partial charge in [-0.05, 0) is 32.6 Å². The molecule has 2 amide bonds. The standard InChI is InChI=1S/C12H21N3O2/c1-9-4-2-7-15(9)11(16)8-14-6-3-5-10(13)12(14)17/h9-10H,2-8,13H2,1H3/t9-,10-/m0/s1. The second kappa shape index (κ2) is 5.04. The molecule has 2 rings (SSSR count). The highest BCUT2D eigenvalue weighted by atomic mass is 16.2. The molecule has 0 aromatic carbocycles. The summed E-state index contributed by atoms with van der Waals surface area (Å²) in [6, 6.07) is -0.0939. The fourth-order valence-electron chi connectivity index (χ4n) is 2.69. The van der Waals surface area contributed by atoms with Crippen molar-refractivity contribution >= 4 is 11.8 Å². The SMILES string of the molecule is C[C@H]1CCCN1C(=O)CN1CCC[C@H](N)C1=O. The Labute approximate surface area is 102 Å². The minimum Gasteiger partial charge on any atom is -0.338 e. The zero-order chi connectivity index (χ0) is 12.4. The first-order chi connectivity index (χ1) is 8.09. The molecule has 0 aliphatic carbocycles. The van der Waals surface area contributed by atoms with Crippen molar-refractivity contribution < 1.29 is 9.59 Å². The highest BCUT2D eigenvalue weighted by Crippen LogP contribution is 2.17. The van der Waals surface area contributed by atoms with Gasteiger partial charge < -0.3 is 15.5 Å². The number of nitrogens with zero attached hydrogens (tertiary/aromatic N) is 2. The number of nitrogens with two attached hydrogens (primary N) is 1. The fraction of sp³-hybridized carbons (Fsp3) is 0.833. The lowest BCUT2D eigenvalue weighted by Crippen LogP contribution is -2.52. The monoisotopic (exact) mass is 239 g/mol. The van der Waals surface area contributed by atoms with Crippen LogP contribution >= 0.6 is 0 Å². The Morgan fingerprint density at radius 2 is 2.06 bits per heavy atom. The number of carbonyl (C=O) groups excluding carboxylic acids is 2. The summed E-state index contributed by atoms with van der Waals surface area (Å²) in [5, 5.41) is 0. The zero-order valence-corrected chi connectivity index (χ0v) is 10.4. The minimum absolute atomic E-state index is 0.0671. The predicted molar refractivity (Wildman–Crippen MR) is 64.2 cm³/mol. The molecule has 5 nitrogen and oxygen atoms in total. The van der Waals surface area contributed by atoms with E-state index in [0.29, 0.717) is 12.6 Å². The van der Waals surface area contributed by atoms with Gasteiger partial charge >= 0.3 is 0 Å². The molecular formula is C12H21N3O2. The molecule has 96 valence electrons. The number of likely N-dealkylation sites (tertiary alicyclic amines) is 2. The molecule has 0 aromatic heterocycles. The Balaban J connectivity index is 1.91. The van der Waals surface area contributed by atoms with Crippen molar-refractivity contribution in [2.24, 2.45) is 5.73 Å². The molecule has 0 radical (unpaired) electrons. The number of amides is 2. The number of hydrogen-bond donors (Lipinski definition) is 1. The molecule has 2 saturated heterocycles. The lowest BCUT2D eigenvalue weighted by molar-refractivity contribution is -0.143. The Morgan fingerprint density at radius 1 is 1.35 bits per heavy atom. The number of hydrogen-bond acceptors (Lipinski definition) is 3. The number of rotatable bonds is 2. The molecule has 0 saturated carbocycles. The van der Waals surface area contributed by atoms with Crippen LogP contribution in [0.4, 0.5) is 0 Å². The van der Waals surface area contributed by atoms with E-state index in [1.165, 1.54) is 0 Å². The van der Waals surface area contributed by atoms with Gasteiger partial charge in [0.2, 0.25) is 11.8 Å². The molecule has 17 heavy (non-hydrogen) atoms. The lowest BCUT2D eigenvalue weighted by atomic mass is 10.1. The summed E-state index contributed by atoms with van der Waals surface area (Å²) in [7, 11) is 0. The van der Waals surface area contributed by atoms with Crippen LogP contribution in [-0.2, 0) is 9.59 Å². The van der Waals surface area contributed by atoms with E-state index in [0.717, 1.165) is 32.2 Å². The van der Waals surface area contributed by atoms with Crippen LogP contribution in [0, 0.1) is 0 Å². The largest absolute Gasteiger partial charge is 0.338 e. The van der Waals surface area contributed by atoms with Crippen LogP contribution in [0.2, 0.25) is 0 Å². The topological polar surface area (TPSA) is 66.6 Å². The van der Waals surface area contributed by atoms with Crippen LogP contribution in [0.15, 0.2) is 0 Å². The van der Waals surface area contributed by atoms with E-state index < -0.39 is 6.04 Å². The summed E-state index contributed by atoms with van der Waals surface area (Å²) < 4.78 is 0. The van der Waals surface area contributed by atoms with Crippen LogP contribution in [0.1, 0.15) is 32.6 Å². The molecule has 2 atom stereocenters. The van der Waals surface area contributed by atoms with Crippen molar-refractivity contribution in [2.45, 2.75) is 44.7 Å². The number of carbonyl (C=O) groups is 2. The smallest absolute Gasteiger partial charge is 0.242 e. The second-order valence-corrected chi connectivity index (χ2v) is 5.09. The van der Waals surface area contributed by atoms with Gasteiger partial charge in [-0.25, -0.2) is 0 Å². The maximum Gasteiger partial charge on any atom is 0.242 e. The first-order valence-corrected chi connectivity index (χ1v) is 6.43. The Morgan fingerprint density at radius 3 is 2.71 bits per heavy atom. The molecule has 0 spiro atoms. The summed E-state index contributed by atoms with van der Waals surface area (Å²) in [5.41, 5.74) is 5.71. The molecule has 0 bridgehead atoms. The third-order valence-electron chi connectivity index (χ3n) is 3.77. The van der Waals surface area contributed by atoms with Gasteiger partial charge in [0.15, 0.2) is 0 Å². The quantitative estimate of drug-likeness (QED) is 0.734. The average Bonchev–Trinajstić information content (AvgIpc) is 2.71. The van der Waals surface area contributed by atoms with Gasteiger partial charge in [0, 0.05) is 19.1 Å². The first-order valence-electron chi connectivity index (χ1n) is 6.43. The Kier molecular flexibility index (Phi) is 3.66. The van der Waals surface area contributed by atoms with E-state index in [4.69, 9.17) is 5.73 Å². The number of piperidine rings is 1. The van der Waals surface area contributed by atoms with E-state index in [1.807, 2.05) is 4.90 Å². The molecule has 5 heteroatoms. The highest BCUT2D eigenvalue weighted by Gasteiger charge is 2.31. The average molecular weight is 239 g/mol. The highest BCUT2D eigenvalue weighted by molar-refractivity contribution is 5.88. The van der Waals surface area contributed by atoms with Gasteiger partial charge in [-0.1, -0.05) is 0 Å². The van der Waals surface area contributed by atoms with Crippen molar-refractivity contribution in [2.75, 3.05) is 19.6 Å². The van der Waals surface area contributed by atoms with Crippen molar-refractivity contribution in [3.8, 4) is 0 Å². The molecule has 2 heterocycles. The Hall–Kier alpha value is -1.10. The normalized spacial score (nSPS) is 29.9. The van der Waals surface area contributed by atoms with Crippen LogP contribution in [0.5, 0.6) is 0 Å². The lowest BCUT2D eigenvalue weighted by Gasteiger charge is -2.32. The van der Waals surface area contributed by atoms with Gasteiger partial charge in [0.1, 0.15) is 0 Å². The predicted octanol–water partition coefficient (Wildman–Crippen LogP) is -0.0530. The maximum atomic E-state index is 12.1. The maximum absolute atomic E-state index is 12.1. The zero-order valence-electron chi connectivity index (χ0n) is 10.4. The van der Waals surface area contributed by atoms with Gasteiger partial charge in [0.05, 0.1) is 12.6 Å². The summed E-state index contributed by atoms with van der Waals surface area (Å²) in [4.78, 5) is 27.3. The third kappa shape index (κ3) is 2.60. The van der Waals surface area contributed by atoms with E-state index in [9.17, 15) is 9.59 Å².